The standard InChI is InChI=1S/C17H19NO2S/c1-14-9-11-16(12-10-14)21(19,20)18-13-5-4-7-15-6-2-3-8-17(15)18/h2-3,6,8-12H,4-5,7,13H2,1H3. The van der Waals surface area contributed by atoms with Crippen molar-refractivity contribution in [2.45, 2.75) is 31.1 Å². The number of rotatable bonds is 2. The molecule has 0 amide bonds. The van der Waals surface area contributed by atoms with Gasteiger partial charge in [-0.3, -0.25) is 4.31 Å². The molecule has 0 bridgehead atoms. The highest BCUT2D eigenvalue weighted by Crippen LogP contribution is 2.31. The molecule has 3 rings (SSSR count). The predicted molar refractivity (Wildman–Crippen MR) is 85.1 cm³/mol. The lowest BCUT2D eigenvalue weighted by atomic mass is 10.1. The van der Waals surface area contributed by atoms with E-state index in [2.05, 4.69) is 0 Å². The van der Waals surface area contributed by atoms with E-state index in [1.54, 1.807) is 16.4 Å². The quantitative estimate of drug-likeness (QED) is 0.851. The summed E-state index contributed by atoms with van der Waals surface area (Å²) in [6.45, 7) is 2.50. The van der Waals surface area contributed by atoms with Crippen molar-refractivity contribution < 1.29 is 8.42 Å². The minimum Gasteiger partial charge on any atom is -0.266 e. The van der Waals surface area contributed by atoms with Crippen LogP contribution in [0.2, 0.25) is 0 Å². The van der Waals surface area contributed by atoms with Gasteiger partial charge in [-0.2, -0.15) is 0 Å². The molecule has 0 spiro atoms. The summed E-state index contributed by atoms with van der Waals surface area (Å²) in [7, 11) is -3.48. The number of sulfonamides is 1. The van der Waals surface area contributed by atoms with Gasteiger partial charge in [0.15, 0.2) is 0 Å². The first-order valence-electron chi connectivity index (χ1n) is 7.26. The summed E-state index contributed by atoms with van der Waals surface area (Å²) in [4.78, 5) is 0.366. The number of para-hydroxylation sites is 1. The number of aryl methyl sites for hydroxylation is 2. The lowest BCUT2D eigenvalue weighted by Gasteiger charge is -2.24. The van der Waals surface area contributed by atoms with E-state index in [4.69, 9.17) is 0 Å². The Kier molecular flexibility index (Phi) is 3.72. The van der Waals surface area contributed by atoms with Crippen LogP contribution in [0.1, 0.15) is 24.0 Å². The first kappa shape index (κ1) is 14.1. The average molecular weight is 301 g/mol. The normalized spacial score (nSPS) is 15.4. The van der Waals surface area contributed by atoms with E-state index in [0.29, 0.717) is 11.4 Å². The Morgan fingerprint density at radius 1 is 0.952 bits per heavy atom. The van der Waals surface area contributed by atoms with Crippen molar-refractivity contribution in [3.63, 3.8) is 0 Å². The summed E-state index contributed by atoms with van der Waals surface area (Å²) in [6, 6.07) is 14.9. The first-order chi connectivity index (χ1) is 10.1. The number of hydrogen-bond donors (Lipinski definition) is 0. The molecular weight excluding hydrogens is 282 g/mol. The van der Waals surface area contributed by atoms with E-state index in [9.17, 15) is 8.42 Å². The van der Waals surface area contributed by atoms with Crippen molar-refractivity contribution in [1.82, 2.24) is 0 Å². The predicted octanol–water partition coefficient (Wildman–Crippen LogP) is 3.53. The van der Waals surface area contributed by atoms with Gasteiger partial charge in [0.1, 0.15) is 0 Å². The van der Waals surface area contributed by atoms with Gasteiger partial charge < -0.3 is 0 Å². The minimum absolute atomic E-state index is 0.366. The average Bonchev–Trinajstić information content (AvgIpc) is 2.70. The van der Waals surface area contributed by atoms with E-state index in [1.165, 1.54) is 0 Å². The maximum Gasteiger partial charge on any atom is 0.264 e. The topological polar surface area (TPSA) is 37.4 Å². The van der Waals surface area contributed by atoms with Crippen LogP contribution in [0.15, 0.2) is 53.4 Å². The van der Waals surface area contributed by atoms with Gasteiger partial charge in [-0.25, -0.2) is 8.42 Å². The number of nitrogens with zero attached hydrogens (tertiary/aromatic N) is 1. The Morgan fingerprint density at radius 2 is 1.67 bits per heavy atom. The largest absolute Gasteiger partial charge is 0.266 e. The van der Waals surface area contributed by atoms with Crippen LogP contribution in [-0.2, 0) is 16.4 Å². The summed E-state index contributed by atoms with van der Waals surface area (Å²) in [6.07, 6.45) is 2.85. The first-order valence-corrected chi connectivity index (χ1v) is 8.70. The van der Waals surface area contributed by atoms with Crippen LogP contribution in [0, 0.1) is 6.92 Å². The molecule has 2 aromatic rings. The zero-order valence-corrected chi connectivity index (χ0v) is 12.9. The van der Waals surface area contributed by atoms with Crippen molar-refractivity contribution in [3.8, 4) is 0 Å². The number of fused-ring (bicyclic) bond motifs is 1. The molecule has 1 heterocycles. The Balaban J connectivity index is 2.08. The second-order valence-corrected chi connectivity index (χ2v) is 7.34. The molecule has 0 atom stereocenters. The van der Waals surface area contributed by atoms with Crippen LogP contribution in [0.3, 0.4) is 0 Å². The van der Waals surface area contributed by atoms with E-state index < -0.39 is 10.0 Å². The molecule has 21 heavy (non-hydrogen) atoms. The van der Waals surface area contributed by atoms with Gasteiger partial charge in [-0.1, -0.05) is 35.9 Å². The van der Waals surface area contributed by atoms with Crippen LogP contribution >= 0.6 is 0 Å². The monoisotopic (exact) mass is 301 g/mol. The highest BCUT2D eigenvalue weighted by Gasteiger charge is 2.27. The summed E-state index contributed by atoms with van der Waals surface area (Å²) in [5, 5.41) is 0. The summed E-state index contributed by atoms with van der Waals surface area (Å²) in [5.74, 6) is 0. The molecule has 0 saturated carbocycles. The number of benzene rings is 2. The fraction of sp³-hybridized carbons (Fsp3) is 0.294. The van der Waals surface area contributed by atoms with E-state index in [0.717, 1.165) is 36.1 Å². The number of hydrogen-bond acceptors (Lipinski definition) is 2. The molecule has 0 fully saturated rings. The van der Waals surface area contributed by atoms with Crippen LogP contribution < -0.4 is 4.31 Å². The van der Waals surface area contributed by atoms with E-state index in [-0.39, 0.29) is 0 Å². The number of anilines is 1. The molecule has 1 aliphatic heterocycles. The Hall–Kier alpha value is -1.81. The molecular formula is C17H19NO2S. The van der Waals surface area contributed by atoms with Gasteiger partial charge in [0.25, 0.3) is 10.0 Å². The third-order valence-corrected chi connectivity index (χ3v) is 5.75. The van der Waals surface area contributed by atoms with Crippen LogP contribution in [-0.4, -0.2) is 15.0 Å². The molecule has 0 unspecified atom stereocenters. The van der Waals surface area contributed by atoms with Crippen molar-refractivity contribution in [2.75, 3.05) is 10.8 Å². The Labute approximate surface area is 126 Å². The minimum atomic E-state index is -3.48. The highest BCUT2D eigenvalue weighted by molar-refractivity contribution is 7.92. The fourth-order valence-corrected chi connectivity index (χ4v) is 4.29. The lowest BCUT2D eigenvalue weighted by molar-refractivity contribution is 0.589. The Bertz CT molecular complexity index is 736. The Morgan fingerprint density at radius 3 is 2.43 bits per heavy atom. The lowest BCUT2D eigenvalue weighted by Crippen LogP contribution is -2.31. The molecule has 0 saturated heterocycles. The third-order valence-electron chi connectivity index (χ3n) is 3.93. The maximum atomic E-state index is 12.9. The molecule has 0 aliphatic carbocycles. The second kappa shape index (κ2) is 5.53. The van der Waals surface area contributed by atoms with E-state index in [1.807, 2.05) is 43.3 Å². The fourth-order valence-electron chi connectivity index (χ4n) is 2.74. The molecule has 4 heteroatoms. The molecule has 0 radical (unpaired) electrons. The van der Waals surface area contributed by atoms with Crippen molar-refractivity contribution >= 4 is 15.7 Å². The van der Waals surface area contributed by atoms with Crippen LogP contribution in [0.5, 0.6) is 0 Å². The van der Waals surface area contributed by atoms with Crippen molar-refractivity contribution in [1.29, 1.82) is 0 Å². The van der Waals surface area contributed by atoms with Crippen LogP contribution in [0.4, 0.5) is 5.69 Å². The van der Waals surface area contributed by atoms with Gasteiger partial charge in [0, 0.05) is 6.54 Å². The summed E-state index contributed by atoms with van der Waals surface area (Å²) >= 11 is 0. The highest BCUT2D eigenvalue weighted by atomic mass is 32.2. The smallest absolute Gasteiger partial charge is 0.264 e. The molecule has 0 aromatic heterocycles. The van der Waals surface area contributed by atoms with Gasteiger partial charge in [0.05, 0.1) is 10.6 Å². The third kappa shape index (κ3) is 2.68. The van der Waals surface area contributed by atoms with Crippen molar-refractivity contribution in [3.05, 3.63) is 59.7 Å². The second-order valence-electron chi connectivity index (χ2n) is 5.48. The maximum absolute atomic E-state index is 12.9. The molecule has 110 valence electrons. The van der Waals surface area contributed by atoms with Gasteiger partial charge in [-0.05, 0) is 49.9 Å². The summed E-state index contributed by atoms with van der Waals surface area (Å²) < 4.78 is 27.4. The molecule has 3 nitrogen and oxygen atoms in total. The molecule has 2 aromatic carbocycles. The van der Waals surface area contributed by atoms with Crippen molar-refractivity contribution in [2.24, 2.45) is 0 Å². The van der Waals surface area contributed by atoms with Gasteiger partial charge in [0.2, 0.25) is 0 Å². The van der Waals surface area contributed by atoms with Crippen LogP contribution in [0.25, 0.3) is 0 Å². The zero-order valence-electron chi connectivity index (χ0n) is 12.1. The van der Waals surface area contributed by atoms with Gasteiger partial charge >= 0.3 is 0 Å². The zero-order chi connectivity index (χ0) is 14.9. The molecule has 0 N–H and O–H groups in total. The SMILES string of the molecule is Cc1ccc(S(=O)(=O)N2CCCCc3ccccc32)cc1. The summed E-state index contributed by atoms with van der Waals surface area (Å²) in [5.41, 5.74) is 3.01. The van der Waals surface area contributed by atoms with Gasteiger partial charge in [-0.15, -0.1) is 0 Å². The molecule has 1 aliphatic rings. The van der Waals surface area contributed by atoms with E-state index >= 15 is 0 Å².